The minimum atomic E-state index is -2.82. The number of rotatable bonds is 24. The number of nitrogens with zero attached hydrogens (tertiary/aromatic N) is 4. The Balaban J connectivity index is 0.000000265. The Morgan fingerprint density at radius 3 is 1.06 bits per heavy atom. The van der Waals surface area contributed by atoms with Gasteiger partial charge >= 0.3 is 24.1 Å². The van der Waals surface area contributed by atoms with Crippen LogP contribution in [0.1, 0.15) is 182 Å². The van der Waals surface area contributed by atoms with Crippen molar-refractivity contribution in [3.05, 3.63) is 129 Å². The van der Waals surface area contributed by atoms with Gasteiger partial charge in [-0.15, -0.1) is 0 Å². The number of hydrogen-bond acceptors (Lipinski definition) is 18. The third-order valence-corrected chi connectivity index (χ3v) is 45.2. The second kappa shape index (κ2) is 34.6. The molecular formula is C88H134Cl2N4O18Si4. The van der Waals surface area contributed by atoms with Crippen molar-refractivity contribution in [2.45, 2.75) is 295 Å². The predicted molar refractivity (Wildman–Crippen MR) is 462 cm³/mol. The summed E-state index contributed by atoms with van der Waals surface area (Å²) in [5.74, 6) is -2.99. The lowest BCUT2D eigenvalue weighted by Gasteiger charge is -2.61. The molecule has 22 nitrogen and oxygen atoms in total. The molecule has 4 amide bonds. The zero-order chi connectivity index (χ0) is 86.8. The fourth-order valence-corrected chi connectivity index (χ4v) is 21.6. The Bertz CT molecular complexity index is 3900. The van der Waals surface area contributed by atoms with Crippen LogP contribution >= 0.6 is 23.2 Å². The smallest absolute Gasteiger partial charge is 0.410 e. The molecule has 4 unspecified atom stereocenters. The summed E-state index contributed by atoms with van der Waals surface area (Å²) >= 11 is 12.7. The quantitative estimate of drug-likeness (QED) is 0.0286. The molecule has 2 aliphatic carbocycles. The molecule has 644 valence electrons. The minimum absolute atomic E-state index is 0.106. The molecule has 14 atom stereocenters. The van der Waals surface area contributed by atoms with E-state index in [1.807, 2.05) is 116 Å². The molecule has 6 fully saturated rings. The largest absolute Gasteiger partial charge is 0.497 e. The van der Waals surface area contributed by atoms with Gasteiger partial charge in [-0.2, -0.15) is 0 Å². The van der Waals surface area contributed by atoms with E-state index in [-0.39, 0.29) is 81.2 Å². The van der Waals surface area contributed by atoms with Crippen LogP contribution in [0.4, 0.5) is 9.59 Å². The van der Waals surface area contributed by atoms with Crippen LogP contribution in [0.15, 0.2) is 97.1 Å². The minimum Gasteiger partial charge on any atom is -0.497 e. The van der Waals surface area contributed by atoms with Gasteiger partial charge in [-0.1, -0.05) is 143 Å². The maximum absolute atomic E-state index is 15.2. The normalized spacial score (nSPS) is 25.0. The van der Waals surface area contributed by atoms with Crippen LogP contribution in [0.25, 0.3) is 0 Å². The van der Waals surface area contributed by atoms with Crippen molar-refractivity contribution in [1.82, 2.24) is 19.6 Å². The monoisotopic (exact) mass is 1720 g/mol. The van der Waals surface area contributed by atoms with E-state index in [4.69, 9.17) is 69.3 Å². The molecule has 8 bridgehead atoms. The molecule has 6 aliphatic rings. The van der Waals surface area contributed by atoms with E-state index in [0.717, 1.165) is 11.1 Å². The van der Waals surface area contributed by atoms with Crippen LogP contribution in [0.5, 0.6) is 11.5 Å². The second-order valence-electron chi connectivity index (χ2n) is 40.9. The van der Waals surface area contributed by atoms with Gasteiger partial charge in [0.1, 0.15) is 34.9 Å². The number of hydrogen-bond donors (Lipinski definition) is 2. The van der Waals surface area contributed by atoms with E-state index in [0.29, 0.717) is 60.3 Å². The van der Waals surface area contributed by atoms with Gasteiger partial charge in [0, 0.05) is 84.9 Å². The summed E-state index contributed by atoms with van der Waals surface area (Å²) in [6.07, 6.45) is -5.63. The number of esters is 2. The number of benzene rings is 4. The molecule has 2 saturated carbocycles. The van der Waals surface area contributed by atoms with Gasteiger partial charge in [-0.3, -0.25) is 9.59 Å². The third kappa shape index (κ3) is 19.5. The number of piperidine rings is 2. The van der Waals surface area contributed by atoms with Gasteiger partial charge < -0.3 is 75.9 Å². The highest BCUT2D eigenvalue weighted by molar-refractivity contribution is 6.75. The summed E-state index contributed by atoms with van der Waals surface area (Å²) in [6, 6.07) is 26.2. The van der Waals surface area contributed by atoms with Crippen LogP contribution in [0.2, 0.25) is 82.6 Å². The average molecular weight is 1720 g/mol. The molecule has 0 spiro atoms. The van der Waals surface area contributed by atoms with Crippen molar-refractivity contribution in [3.63, 3.8) is 0 Å². The Kier molecular flexibility index (Phi) is 28.0. The lowest BCUT2D eigenvalue weighted by Crippen LogP contribution is -2.77. The second-order valence-corrected chi connectivity index (χ2v) is 60.9. The standard InChI is InChI=1S/2C44H67ClN2O9Si2/c2*1-41(2,3)55-40(51)46-23-22-34-33-25-30(27-53-57(11,12)42(4,5)6)35(46)44(34,47(37(33)49)26-28-18-20-32(52-10)21-19-28)36(48)39(56-58(13,14)43(7,8)9)54-38(50)29-16-15-17-31(45)24-29/h2*15-21,24,30,33-36,39,48H,22-23,25-27H2,1-14H3/t30-,33?,34+,35+,36+,39?,44+;30-,33?,34+,35+,36-,39?,44+/m00/s1. The number of halogens is 2. The molecule has 4 aliphatic heterocycles. The molecule has 116 heavy (non-hydrogen) atoms. The van der Waals surface area contributed by atoms with E-state index in [1.165, 1.54) is 12.1 Å². The summed E-state index contributed by atoms with van der Waals surface area (Å²) in [7, 11) is -7.13. The van der Waals surface area contributed by atoms with Crippen LogP contribution < -0.4 is 9.47 Å². The van der Waals surface area contributed by atoms with Crippen molar-refractivity contribution >= 4 is 92.4 Å². The number of amides is 4. The number of carbonyl (C=O) groups excluding carboxylic acids is 6. The van der Waals surface area contributed by atoms with E-state index in [2.05, 4.69) is 109 Å². The van der Waals surface area contributed by atoms with Gasteiger partial charge in [-0.25, -0.2) is 19.2 Å². The zero-order valence-corrected chi connectivity index (χ0v) is 79.7. The molecule has 4 aromatic carbocycles. The SMILES string of the molecule is COc1ccc(CN2C(=O)C3C[C@@H](CO[Si](C)(C)C(C)(C)C)[C@H]4N(C(=O)OC(C)(C)C)CC[C@H]3[C@]42[C@@H](O)C(OC(=O)c2cccc(Cl)c2)O[Si](C)(C)C(C)(C)C)cc1.COc1ccc(CN2C(=O)C3C[C@@H](CO[Si](C)(C)C(C)(C)C)[C@H]4N(C(=O)OC(C)(C)C)CC[C@H]3[C@]42[C@H](O)C(OC(=O)c2cccc(Cl)c2)O[Si](C)(C)C(C)(C)C)cc1. The van der Waals surface area contributed by atoms with Crippen molar-refractivity contribution in [2.24, 2.45) is 35.5 Å². The van der Waals surface area contributed by atoms with Gasteiger partial charge in [0.25, 0.3) is 0 Å². The van der Waals surface area contributed by atoms with Crippen LogP contribution in [-0.4, -0.2) is 199 Å². The molecule has 28 heteroatoms. The Labute approximate surface area is 704 Å². The first-order valence-corrected chi connectivity index (χ1v) is 53.5. The van der Waals surface area contributed by atoms with Crippen LogP contribution in [0.3, 0.4) is 0 Å². The van der Waals surface area contributed by atoms with Crippen molar-refractivity contribution in [2.75, 3.05) is 40.5 Å². The topological polar surface area (TPSA) is 248 Å². The highest BCUT2D eigenvalue weighted by Gasteiger charge is 2.77. The fraction of sp³-hybridized carbons (Fsp3) is 0.659. The highest BCUT2D eigenvalue weighted by atomic mass is 35.5. The highest BCUT2D eigenvalue weighted by Crippen LogP contribution is 2.63. The Morgan fingerprint density at radius 1 is 0.474 bits per heavy atom. The molecule has 2 N–H and O–H groups in total. The van der Waals surface area contributed by atoms with E-state index in [9.17, 15) is 29.4 Å². The first-order valence-electron chi connectivity index (χ1n) is 41.1. The molecule has 4 heterocycles. The van der Waals surface area contributed by atoms with E-state index >= 15 is 9.59 Å². The van der Waals surface area contributed by atoms with Crippen molar-refractivity contribution in [3.8, 4) is 11.5 Å². The number of methoxy groups -OCH3 is 2. The number of ether oxygens (including phenoxy) is 6. The fourth-order valence-electron chi connectivity index (χ4n) is 16.9. The molecule has 0 radical (unpaired) electrons. The summed E-state index contributed by atoms with van der Waals surface area (Å²) < 4.78 is 63.6. The molecular weight excluding hydrogens is 1580 g/mol. The molecule has 10 rings (SSSR count). The van der Waals surface area contributed by atoms with Gasteiger partial charge in [-0.05, 0) is 212 Å². The van der Waals surface area contributed by atoms with Gasteiger partial charge in [0.05, 0.1) is 48.5 Å². The Morgan fingerprint density at radius 2 is 0.784 bits per heavy atom. The molecule has 4 aromatic rings. The number of carbonyl (C=O) groups is 6. The van der Waals surface area contributed by atoms with Crippen molar-refractivity contribution in [1.29, 1.82) is 0 Å². The molecule has 0 aromatic heterocycles. The maximum Gasteiger partial charge on any atom is 0.410 e. The average Bonchev–Trinajstić information content (AvgIpc) is 1.51. The number of aliphatic hydroxyl groups is 2. The van der Waals surface area contributed by atoms with Crippen LogP contribution in [0, 0.1) is 35.5 Å². The lowest BCUT2D eigenvalue weighted by molar-refractivity contribution is -0.214. The Hall–Kier alpha value is -5.89. The number of aliphatic hydroxyl groups excluding tert-OH is 2. The first kappa shape index (κ1) is 94.0. The van der Waals surface area contributed by atoms with Gasteiger partial charge in [0.2, 0.25) is 24.4 Å². The lowest BCUT2D eigenvalue weighted by atomic mass is 9.57. The molecule has 4 saturated heterocycles. The van der Waals surface area contributed by atoms with E-state index in [1.54, 1.807) is 70.2 Å². The maximum atomic E-state index is 15.2. The van der Waals surface area contributed by atoms with Crippen molar-refractivity contribution < 1.29 is 85.1 Å². The number of likely N-dealkylation sites (tertiary alicyclic amines) is 4. The summed E-state index contributed by atoms with van der Waals surface area (Å²) in [4.78, 5) is 94.7. The van der Waals surface area contributed by atoms with E-state index < -0.39 is 140 Å². The third-order valence-electron chi connectivity index (χ3n) is 26.9. The zero-order valence-electron chi connectivity index (χ0n) is 74.2. The first-order chi connectivity index (χ1) is 53.3. The summed E-state index contributed by atoms with van der Waals surface area (Å²) in [6.45, 7) is 54.6. The predicted octanol–water partition coefficient (Wildman–Crippen LogP) is 18.6. The summed E-state index contributed by atoms with van der Waals surface area (Å²) in [5, 5.41) is 26.8. The van der Waals surface area contributed by atoms with Gasteiger partial charge in [0.15, 0.2) is 33.3 Å². The van der Waals surface area contributed by atoms with Crippen LogP contribution in [-0.2, 0) is 59.3 Å². The summed E-state index contributed by atoms with van der Waals surface area (Å²) in [5.41, 5.74) is -2.62.